The summed E-state index contributed by atoms with van der Waals surface area (Å²) in [5, 5.41) is 17.6. The largest absolute Gasteiger partial charge is 0.480 e. The first kappa shape index (κ1) is 9.17. The molecular formula is C4H6ClN3O4. The number of nitrogens with one attached hydrogen (secondary N) is 2. The van der Waals surface area contributed by atoms with Crippen LogP contribution in [0.4, 0.5) is 0 Å². The molecule has 68 valence electrons. The Labute approximate surface area is 71.8 Å². The van der Waals surface area contributed by atoms with E-state index in [1.165, 1.54) is 0 Å². The predicted molar refractivity (Wildman–Crippen MR) is 38.1 cm³/mol. The van der Waals surface area contributed by atoms with Gasteiger partial charge in [-0.05, 0) is 0 Å². The number of alkyl halides is 1. The van der Waals surface area contributed by atoms with Crippen LogP contribution in [0.3, 0.4) is 0 Å². The molecule has 8 heteroatoms. The number of hydrogen-bond acceptors (Lipinski definition) is 5. The minimum absolute atomic E-state index is 0.673. The van der Waals surface area contributed by atoms with Gasteiger partial charge in [0.2, 0.25) is 0 Å². The number of aliphatic carboxylic acids is 1. The second kappa shape index (κ2) is 3.21. The third-order valence-corrected chi connectivity index (χ3v) is 1.99. The third-order valence-electron chi connectivity index (χ3n) is 1.50. The molecule has 1 rings (SSSR count). The molecule has 3 N–H and O–H groups in total. The van der Waals surface area contributed by atoms with E-state index in [1.807, 2.05) is 0 Å². The number of hydrogen-bond donors (Lipinski definition) is 3. The summed E-state index contributed by atoms with van der Waals surface area (Å²) in [5.74, 6) is -1.22. The molecule has 0 bridgehead atoms. The molecule has 0 spiro atoms. The maximum atomic E-state index is 10.4. The van der Waals surface area contributed by atoms with E-state index in [2.05, 4.69) is 10.9 Å². The summed E-state index contributed by atoms with van der Waals surface area (Å²) in [7, 11) is 0. The summed E-state index contributed by atoms with van der Waals surface area (Å²) in [6, 6.07) is -1.12. The lowest BCUT2D eigenvalue weighted by Gasteiger charge is -2.06. The molecule has 0 amide bonds. The van der Waals surface area contributed by atoms with Gasteiger partial charge in [0.25, 0.3) is 6.17 Å². The molecule has 0 radical (unpaired) electrons. The zero-order valence-electron chi connectivity index (χ0n) is 5.73. The highest BCUT2D eigenvalue weighted by atomic mass is 35.5. The van der Waals surface area contributed by atoms with Crippen molar-refractivity contribution in [2.45, 2.75) is 17.6 Å². The molecular weight excluding hydrogens is 190 g/mol. The van der Waals surface area contributed by atoms with E-state index >= 15 is 0 Å². The molecule has 1 fully saturated rings. The van der Waals surface area contributed by atoms with E-state index in [0.717, 1.165) is 0 Å². The van der Waals surface area contributed by atoms with Gasteiger partial charge in [-0.25, -0.2) is 5.43 Å². The first-order chi connectivity index (χ1) is 5.54. The Morgan fingerprint density at radius 2 is 2.17 bits per heavy atom. The van der Waals surface area contributed by atoms with Crippen molar-refractivity contribution in [3.05, 3.63) is 10.1 Å². The maximum absolute atomic E-state index is 10.4. The van der Waals surface area contributed by atoms with Crippen LogP contribution in [0.15, 0.2) is 0 Å². The van der Waals surface area contributed by atoms with Gasteiger partial charge in [-0.3, -0.25) is 14.9 Å². The molecule has 1 aliphatic heterocycles. The van der Waals surface area contributed by atoms with E-state index in [9.17, 15) is 14.9 Å². The Morgan fingerprint density at radius 3 is 2.42 bits per heavy atom. The Kier molecular flexibility index (Phi) is 2.46. The summed E-state index contributed by atoms with van der Waals surface area (Å²) in [6.07, 6.45) is -1.26. The van der Waals surface area contributed by atoms with Gasteiger partial charge in [-0.1, -0.05) is 0 Å². The maximum Gasteiger partial charge on any atom is 0.323 e. The highest BCUT2D eigenvalue weighted by Crippen LogP contribution is 2.13. The number of rotatable bonds is 2. The van der Waals surface area contributed by atoms with Crippen molar-refractivity contribution in [3.63, 3.8) is 0 Å². The fourth-order valence-electron chi connectivity index (χ4n) is 0.884. The molecule has 0 aromatic heterocycles. The number of nitrogens with zero attached hydrogens (tertiary/aromatic N) is 1. The van der Waals surface area contributed by atoms with E-state index in [4.69, 9.17) is 16.7 Å². The quantitative estimate of drug-likeness (QED) is 0.289. The van der Waals surface area contributed by atoms with Crippen LogP contribution < -0.4 is 10.9 Å². The van der Waals surface area contributed by atoms with Crippen LogP contribution in [0.5, 0.6) is 0 Å². The molecule has 0 saturated carbocycles. The summed E-state index contributed by atoms with van der Waals surface area (Å²) >= 11 is 5.49. The Balaban J connectivity index is 2.67. The number of nitro groups is 1. The summed E-state index contributed by atoms with van der Waals surface area (Å²) in [4.78, 5) is 19.9. The predicted octanol–water partition coefficient (Wildman–Crippen LogP) is -1.24. The lowest BCUT2D eigenvalue weighted by atomic mass is 10.2. The van der Waals surface area contributed by atoms with Crippen molar-refractivity contribution in [3.8, 4) is 0 Å². The topological polar surface area (TPSA) is 104 Å². The van der Waals surface area contributed by atoms with Crippen molar-refractivity contribution in [2.24, 2.45) is 0 Å². The van der Waals surface area contributed by atoms with Gasteiger partial charge in [0, 0.05) is 4.92 Å². The second-order valence-corrected chi connectivity index (χ2v) is 2.78. The Hall–Kier alpha value is -0.920. The molecule has 3 atom stereocenters. The number of carboxylic acid groups (broad SMARTS) is 1. The average molecular weight is 196 g/mol. The van der Waals surface area contributed by atoms with Crippen LogP contribution in [-0.2, 0) is 4.79 Å². The number of carbonyl (C=O) groups is 1. The summed E-state index contributed by atoms with van der Waals surface area (Å²) in [5.41, 5.74) is 4.39. The first-order valence-electron chi connectivity index (χ1n) is 3.05. The van der Waals surface area contributed by atoms with E-state index in [-0.39, 0.29) is 0 Å². The van der Waals surface area contributed by atoms with Crippen molar-refractivity contribution in [1.29, 1.82) is 0 Å². The fraction of sp³-hybridized carbons (Fsp3) is 0.750. The van der Waals surface area contributed by atoms with Gasteiger partial charge in [0.1, 0.15) is 11.4 Å². The molecule has 1 saturated heterocycles. The van der Waals surface area contributed by atoms with Gasteiger partial charge < -0.3 is 5.11 Å². The van der Waals surface area contributed by atoms with Crippen LogP contribution in [0.2, 0.25) is 0 Å². The zero-order valence-corrected chi connectivity index (χ0v) is 6.49. The van der Waals surface area contributed by atoms with Gasteiger partial charge in [-0.15, -0.1) is 11.6 Å². The van der Waals surface area contributed by atoms with Gasteiger partial charge in [-0.2, -0.15) is 5.43 Å². The smallest absolute Gasteiger partial charge is 0.323 e. The van der Waals surface area contributed by atoms with E-state index in [0.29, 0.717) is 0 Å². The van der Waals surface area contributed by atoms with Gasteiger partial charge in [0.15, 0.2) is 0 Å². The summed E-state index contributed by atoms with van der Waals surface area (Å²) < 4.78 is 0. The molecule has 7 nitrogen and oxygen atoms in total. The molecule has 1 heterocycles. The standard InChI is InChI=1S/C4H6ClN3O4/c5-1-2(4(9)10)6-7-3(1)8(11)12/h1-3,6-7H,(H,9,10). The van der Waals surface area contributed by atoms with E-state index < -0.39 is 28.5 Å². The SMILES string of the molecule is O=C(O)C1NNC([N+](=O)[O-])C1Cl. The number of carboxylic acids is 1. The average Bonchev–Trinajstić information content (AvgIpc) is 2.30. The summed E-state index contributed by atoms with van der Waals surface area (Å²) in [6.45, 7) is 0. The van der Waals surface area contributed by atoms with Crippen LogP contribution in [0.25, 0.3) is 0 Å². The van der Waals surface area contributed by atoms with Crippen molar-refractivity contribution in [1.82, 2.24) is 10.9 Å². The van der Waals surface area contributed by atoms with Crippen LogP contribution in [0, 0.1) is 10.1 Å². The van der Waals surface area contributed by atoms with Crippen LogP contribution in [0.1, 0.15) is 0 Å². The van der Waals surface area contributed by atoms with Crippen molar-refractivity contribution >= 4 is 17.6 Å². The molecule has 0 aliphatic carbocycles. The zero-order chi connectivity index (χ0) is 9.30. The Morgan fingerprint density at radius 1 is 1.58 bits per heavy atom. The minimum Gasteiger partial charge on any atom is -0.480 e. The highest BCUT2D eigenvalue weighted by molar-refractivity contribution is 6.23. The fourth-order valence-corrected chi connectivity index (χ4v) is 1.21. The van der Waals surface area contributed by atoms with Gasteiger partial charge in [0.05, 0.1) is 0 Å². The van der Waals surface area contributed by atoms with Gasteiger partial charge >= 0.3 is 5.97 Å². The van der Waals surface area contributed by atoms with Crippen molar-refractivity contribution < 1.29 is 14.8 Å². The normalized spacial score (nSPS) is 34.9. The first-order valence-corrected chi connectivity index (χ1v) is 3.49. The molecule has 12 heavy (non-hydrogen) atoms. The number of halogens is 1. The monoisotopic (exact) mass is 195 g/mol. The van der Waals surface area contributed by atoms with E-state index in [1.54, 1.807) is 0 Å². The van der Waals surface area contributed by atoms with Crippen LogP contribution in [-0.4, -0.2) is 33.6 Å². The molecule has 0 aromatic rings. The third kappa shape index (κ3) is 1.47. The van der Waals surface area contributed by atoms with Crippen molar-refractivity contribution in [2.75, 3.05) is 0 Å². The molecule has 1 aliphatic rings. The lowest BCUT2D eigenvalue weighted by molar-refractivity contribution is -0.525. The van der Waals surface area contributed by atoms with Crippen LogP contribution >= 0.6 is 11.6 Å². The highest BCUT2D eigenvalue weighted by Gasteiger charge is 2.45. The lowest BCUT2D eigenvalue weighted by Crippen LogP contribution is -2.39. The molecule has 0 aromatic carbocycles. The molecule has 3 unspecified atom stereocenters. The Bertz CT molecular complexity index is 200. The minimum atomic E-state index is -1.26. The second-order valence-electron chi connectivity index (χ2n) is 2.28. The number of hydrazine groups is 1.